The van der Waals surface area contributed by atoms with Crippen molar-refractivity contribution in [3.63, 3.8) is 0 Å². The lowest BCUT2D eigenvalue weighted by molar-refractivity contribution is -0.146. The number of benzene rings is 1. The Morgan fingerprint density at radius 3 is 2.40 bits per heavy atom. The lowest BCUT2D eigenvalue weighted by Gasteiger charge is -2.49. The zero-order chi connectivity index (χ0) is 18.6. The zero-order valence-electron chi connectivity index (χ0n) is 16.7. The minimum atomic E-state index is -0.177. The molecule has 3 rings (SSSR count). The van der Waals surface area contributed by atoms with E-state index in [4.69, 9.17) is 9.47 Å². The summed E-state index contributed by atoms with van der Waals surface area (Å²) in [7, 11) is 3.26. The number of rotatable bonds is 3. The van der Waals surface area contributed by atoms with Gasteiger partial charge in [0.15, 0.2) is 0 Å². The van der Waals surface area contributed by atoms with Crippen molar-refractivity contribution in [2.75, 3.05) is 14.2 Å². The summed E-state index contributed by atoms with van der Waals surface area (Å²) in [5, 5.41) is 0. The number of methoxy groups -OCH3 is 2. The summed E-state index contributed by atoms with van der Waals surface area (Å²) in [6, 6.07) is 4.43. The van der Waals surface area contributed by atoms with Gasteiger partial charge in [-0.1, -0.05) is 47.1 Å². The molecule has 1 aromatic carbocycles. The molecule has 0 spiro atoms. The Balaban J connectivity index is 2.28. The number of carbonyl (C=O) groups excluding carboxylic acids is 1. The minimum absolute atomic E-state index is 0.00126. The summed E-state index contributed by atoms with van der Waals surface area (Å²) >= 11 is 0. The molecule has 138 valence electrons. The third-order valence-corrected chi connectivity index (χ3v) is 6.81. The summed E-state index contributed by atoms with van der Waals surface area (Å²) in [4.78, 5) is 12.8. The monoisotopic (exact) mass is 344 g/mol. The van der Waals surface area contributed by atoms with Gasteiger partial charge in [0.25, 0.3) is 0 Å². The van der Waals surface area contributed by atoms with Crippen LogP contribution in [-0.2, 0) is 14.9 Å². The third-order valence-electron chi connectivity index (χ3n) is 6.81. The second-order valence-corrected chi connectivity index (χ2v) is 9.07. The smallest absolute Gasteiger partial charge is 0.313 e. The first-order valence-electron chi connectivity index (χ1n) is 9.47. The van der Waals surface area contributed by atoms with Gasteiger partial charge in [0.1, 0.15) is 5.75 Å². The molecule has 1 saturated carbocycles. The molecule has 1 aromatic rings. The Bertz CT molecular complexity index is 689. The second kappa shape index (κ2) is 6.03. The van der Waals surface area contributed by atoms with Gasteiger partial charge < -0.3 is 9.47 Å². The van der Waals surface area contributed by atoms with Gasteiger partial charge in [0.05, 0.1) is 20.1 Å². The molecule has 3 heteroatoms. The fourth-order valence-electron chi connectivity index (χ4n) is 5.77. The van der Waals surface area contributed by atoms with E-state index >= 15 is 0 Å². The fourth-order valence-corrected chi connectivity index (χ4v) is 5.77. The van der Waals surface area contributed by atoms with Gasteiger partial charge in [0, 0.05) is 0 Å². The van der Waals surface area contributed by atoms with E-state index in [0.29, 0.717) is 5.92 Å². The normalized spacial score (nSPS) is 29.9. The topological polar surface area (TPSA) is 35.5 Å². The summed E-state index contributed by atoms with van der Waals surface area (Å²) in [5.74, 6) is 1.29. The van der Waals surface area contributed by atoms with Crippen LogP contribution in [0.4, 0.5) is 0 Å². The number of esters is 1. The molecule has 2 aliphatic carbocycles. The van der Waals surface area contributed by atoms with E-state index < -0.39 is 0 Å². The average Bonchev–Trinajstić information content (AvgIpc) is 2.82. The standard InChI is InChI=1S/C22H32O3/c1-13(2)14-11-15-16(12-17(14)24-6)22(5)10-8-9-21(3,4)19(22)18(15)20(23)25-7/h11-13,18-19H,8-10H2,1-7H3/t18-,19-,22+/m0/s1. The summed E-state index contributed by atoms with van der Waals surface area (Å²) in [6.07, 6.45) is 3.47. The first-order valence-corrected chi connectivity index (χ1v) is 9.47. The molecule has 0 N–H and O–H groups in total. The predicted molar refractivity (Wildman–Crippen MR) is 100 cm³/mol. The van der Waals surface area contributed by atoms with E-state index in [1.54, 1.807) is 7.11 Å². The van der Waals surface area contributed by atoms with Crippen LogP contribution in [0.25, 0.3) is 0 Å². The van der Waals surface area contributed by atoms with E-state index in [9.17, 15) is 4.79 Å². The van der Waals surface area contributed by atoms with Crippen molar-refractivity contribution in [1.82, 2.24) is 0 Å². The first-order chi connectivity index (χ1) is 11.7. The SMILES string of the molecule is COC(=O)[C@H]1c2cc(C(C)C)c(OC)cc2[C@@]2(C)CCCC(C)(C)[C@H]12. The maximum Gasteiger partial charge on any atom is 0.313 e. The summed E-state index contributed by atoms with van der Waals surface area (Å²) < 4.78 is 11.0. The van der Waals surface area contributed by atoms with Crippen molar-refractivity contribution in [2.45, 2.75) is 71.1 Å². The van der Waals surface area contributed by atoms with E-state index in [-0.39, 0.29) is 28.6 Å². The van der Waals surface area contributed by atoms with Crippen LogP contribution in [0.5, 0.6) is 5.75 Å². The van der Waals surface area contributed by atoms with Crippen molar-refractivity contribution in [2.24, 2.45) is 11.3 Å². The van der Waals surface area contributed by atoms with Gasteiger partial charge in [-0.15, -0.1) is 0 Å². The van der Waals surface area contributed by atoms with Crippen molar-refractivity contribution >= 4 is 5.97 Å². The Morgan fingerprint density at radius 2 is 1.84 bits per heavy atom. The van der Waals surface area contributed by atoms with E-state index in [0.717, 1.165) is 18.6 Å². The molecule has 2 aliphatic rings. The van der Waals surface area contributed by atoms with Crippen molar-refractivity contribution in [3.05, 3.63) is 28.8 Å². The molecule has 0 bridgehead atoms. The highest BCUT2D eigenvalue weighted by Gasteiger charge is 2.59. The molecule has 0 saturated heterocycles. The largest absolute Gasteiger partial charge is 0.496 e. The molecular weight excluding hydrogens is 312 g/mol. The maximum atomic E-state index is 12.8. The minimum Gasteiger partial charge on any atom is -0.496 e. The highest BCUT2D eigenvalue weighted by molar-refractivity contribution is 5.82. The summed E-state index contributed by atoms with van der Waals surface area (Å²) in [5.41, 5.74) is 3.74. The Hall–Kier alpha value is -1.51. The zero-order valence-corrected chi connectivity index (χ0v) is 16.7. The lowest BCUT2D eigenvalue weighted by Crippen LogP contribution is -2.45. The number of hydrogen-bond donors (Lipinski definition) is 0. The second-order valence-electron chi connectivity index (χ2n) is 9.07. The van der Waals surface area contributed by atoms with Crippen LogP contribution in [0.2, 0.25) is 0 Å². The summed E-state index contributed by atoms with van der Waals surface area (Å²) in [6.45, 7) is 11.3. The number of hydrogen-bond acceptors (Lipinski definition) is 3. The fraction of sp³-hybridized carbons (Fsp3) is 0.682. The van der Waals surface area contributed by atoms with Crippen LogP contribution in [0.3, 0.4) is 0 Å². The van der Waals surface area contributed by atoms with Crippen LogP contribution >= 0.6 is 0 Å². The van der Waals surface area contributed by atoms with E-state index in [1.807, 2.05) is 0 Å². The predicted octanol–water partition coefficient (Wildman–Crippen LogP) is 5.17. The quantitative estimate of drug-likeness (QED) is 0.709. The molecule has 0 heterocycles. The van der Waals surface area contributed by atoms with E-state index in [1.165, 1.54) is 30.2 Å². The van der Waals surface area contributed by atoms with Crippen LogP contribution in [-0.4, -0.2) is 20.2 Å². The molecule has 3 atom stereocenters. The molecule has 25 heavy (non-hydrogen) atoms. The molecular formula is C22H32O3. The molecule has 0 radical (unpaired) electrons. The molecule has 0 amide bonds. The van der Waals surface area contributed by atoms with Gasteiger partial charge in [-0.3, -0.25) is 4.79 Å². The maximum absolute atomic E-state index is 12.8. The van der Waals surface area contributed by atoms with Gasteiger partial charge in [-0.25, -0.2) is 0 Å². The van der Waals surface area contributed by atoms with Crippen LogP contribution < -0.4 is 4.74 Å². The van der Waals surface area contributed by atoms with Gasteiger partial charge in [-0.05, 0) is 58.3 Å². The van der Waals surface area contributed by atoms with Crippen molar-refractivity contribution < 1.29 is 14.3 Å². The molecule has 3 nitrogen and oxygen atoms in total. The Kier molecular flexibility index (Phi) is 4.41. The van der Waals surface area contributed by atoms with Crippen molar-refractivity contribution in [3.8, 4) is 5.75 Å². The molecule has 0 aliphatic heterocycles. The van der Waals surface area contributed by atoms with Gasteiger partial charge >= 0.3 is 5.97 Å². The molecule has 1 fully saturated rings. The third kappa shape index (κ3) is 2.58. The number of ether oxygens (including phenoxy) is 2. The lowest BCUT2D eigenvalue weighted by atomic mass is 9.55. The van der Waals surface area contributed by atoms with Gasteiger partial charge in [0.2, 0.25) is 0 Å². The molecule has 0 aromatic heterocycles. The van der Waals surface area contributed by atoms with Crippen molar-refractivity contribution in [1.29, 1.82) is 0 Å². The Labute approximate surface area is 152 Å². The van der Waals surface area contributed by atoms with Crippen LogP contribution in [0.1, 0.15) is 82.4 Å². The van der Waals surface area contributed by atoms with Crippen LogP contribution in [0, 0.1) is 11.3 Å². The highest BCUT2D eigenvalue weighted by Crippen LogP contribution is 2.64. The van der Waals surface area contributed by atoms with Crippen LogP contribution in [0.15, 0.2) is 12.1 Å². The van der Waals surface area contributed by atoms with E-state index in [2.05, 4.69) is 46.8 Å². The average molecular weight is 344 g/mol. The Morgan fingerprint density at radius 1 is 1.16 bits per heavy atom. The number of fused-ring (bicyclic) bond motifs is 3. The first kappa shape index (κ1) is 18.3. The number of carbonyl (C=O) groups is 1. The molecule has 0 unspecified atom stereocenters. The highest BCUT2D eigenvalue weighted by atomic mass is 16.5. The van der Waals surface area contributed by atoms with Gasteiger partial charge in [-0.2, -0.15) is 0 Å².